The molecular weight excluding hydrogens is 190 g/mol. The Kier molecular flexibility index (Phi) is 5.59. The van der Waals surface area contributed by atoms with Crippen LogP contribution in [0.3, 0.4) is 0 Å². The van der Waals surface area contributed by atoms with Crippen molar-refractivity contribution in [1.82, 2.24) is 14.9 Å². The van der Waals surface area contributed by atoms with Gasteiger partial charge in [-0.05, 0) is 11.5 Å². The topological polar surface area (TPSA) is 67.3 Å². The molecule has 0 bridgehead atoms. The van der Waals surface area contributed by atoms with E-state index in [9.17, 15) is 0 Å². The summed E-state index contributed by atoms with van der Waals surface area (Å²) in [6.07, 6.45) is 0. The van der Waals surface area contributed by atoms with Gasteiger partial charge in [-0.3, -0.25) is 0 Å². The second-order valence-electron chi connectivity index (χ2n) is 2.41. The zero-order valence-electron chi connectivity index (χ0n) is 7.27. The fraction of sp³-hybridized carbons (Fsp3) is 0.714. The minimum atomic E-state index is 0.0794. The summed E-state index contributed by atoms with van der Waals surface area (Å²) in [5.41, 5.74) is 0.951. The van der Waals surface area contributed by atoms with Gasteiger partial charge in [0.2, 0.25) is 0 Å². The average molecular weight is 203 g/mol. The number of nitrogens with one attached hydrogen (secondary N) is 1. The number of nitrogens with zero attached hydrogens (tertiary/aromatic N) is 2. The van der Waals surface area contributed by atoms with Gasteiger partial charge in [-0.1, -0.05) is 4.49 Å². The molecule has 0 unspecified atom stereocenters. The number of hydrogen-bond acceptors (Lipinski definition) is 6. The SMILES string of the molecule is OCCOCCNCc1csnn1. The summed E-state index contributed by atoms with van der Waals surface area (Å²) in [5.74, 6) is 0. The first kappa shape index (κ1) is 10.5. The molecule has 0 fully saturated rings. The van der Waals surface area contributed by atoms with Gasteiger partial charge in [0, 0.05) is 18.5 Å². The zero-order valence-corrected chi connectivity index (χ0v) is 8.09. The van der Waals surface area contributed by atoms with Crippen molar-refractivity contribution in [3.63, 3.8) is 0 Å². The molecule has 1 rings (SSSR count). The molecule has 0 atom stereocenters. The van der Waals surface area contributed by atoms with E-state index in [1.165, 1.54) is 11.5 Å². The van der Waals surface area contributed by atoms with Gasteiger partial charge in [-0.2, -0.15) is 0 Å². The van der Waals surface area contributed by atoms with E-state index in [1.807, 2.05) is 5.38 Å². The maximum Gasteiger partial charge on any atom is 0.0893 e. The van der Waals surface area contributed by atoms with Crippen molar-refractivity contribution in [2.75, 3.05) is 26.4 Å². The summed E-state index contributed by atoms with van der Waals surface area (Å²) in [6.45, 7) is 2.57. The molecule has 1 aromatic rings. The van der Waals surface area contributed by atoms with Crippen molar-refractivity contribution in [2.24, 2.45) is 0 Å². The smallest absolute Gasteiger partial charge is 0.0893 e. The van der Waals surface area contributed by atoms with Crippen LogP contribution < -0.4 is 5.32 Å². The fourth-order valence-corrected chi connectivity index (χ4v) is 1.24. The van der Waals surface area contributed by atoms with E-state index in [2.05, 4.69) is 14.9 Å². The number of rotatable bonds is 7. The van der Waals surface area contributed by atoms with E-state index in [0.717, 1.165) is 18.8 Å². The van der Waals surface area contributed by atoms with E-state index < -0.39 is 0 Å². The number of hydrogen-bond donors (Lipinski definition) is 2. The minimum absolute atomic E-state index is 0.0794. The summed E-state index contributed by atoms with van der Waals surface area (Å²) in [7, 11) is 0. The van der Waals surface area contributed by atoms with Crippen molar-refractivity contribution < 1.29 is 9.84 Å². The zero-order chi connectivity index (χ0) is 9.36. The number of ether oxygens (including phenoxy) is 1. The van der Waals surface area contributed by atoms with E-state index in [1.54, 1.807) is 0 Å². The largest absolute Gasteiger partial charge is 0.394 e. The van der Waals surface area contributed by atoms with Crippen LogP contribution in [0.25, 0.3) is 0 Å². The number of aliphatic hydroxyl groups is 1. The van der Waals surface area contributed by atoms with Gasteiger partial charge >= 0.3 is 0 Å². The quantitative estimate of drug-likeness (QED) is 0.592. The molecule has 0 saturated heterocycles. The van der Waals surface area contributed by atoms with Gasteiger partial charge in [0.05, 0.1) is 25.5 Å². The monoisotopic (exact) mass is 203 g/mol. The Balaban J connectivity index is 1.90. The predicted molar refractivity (Wildman–Crippen MR) is 49.5 cm³/mol. The van der Waals surface area contributed by atoms with Gasteiger partial charge in [-0.15, -0.1) is 5.10 Å². The molecule has 6 heteroatoms. The van der Waals surface area contributed by atoms with Crippen LogP contribution >= 0.6 is 11.5 Å². The molecular formula is C7H13N3O2S. The lowest BCUT2D eigenvalue weighted by atomic mass is 10.5. The van der Waals surface area contributed by atoms with E-state index in [0.29, 0.717) is 13.2 Å². The highest BCUT2D eigenvalue weighted by Crippen LogP contribution is 1.94. The van der Waals surface area contributed by atoms with Crippen molar-refractivity contribution in [1.29, 1.82) is 0 Å². The molecule has 0 amide bonds. The normalized spacial score (nSPS) is 10.5. The minimum Gasteiger partial charge on any atom is -0.394 e. The van der Waals surface area contributed by atoms with Gasteiger partial charge in [0.15, 0.2) is 0 Å². The molecule has 0 aliphatic heterocycles. The Labute approximate surface area is 80.9 Å². The Bertz CT molecular complexity index is 206. The molecule has 0 aromatic carbocycles. The van der Waals surface area contributed by atoms with Gasteiger partial charge in [-0.25, -0.2) is 0 Å². The van der Waals surface area contributed by atoms with Crippen LogP contribution in [0.15, 0.2) is 5.38 Å². The number of aromatic nitrogens is 2. The van der Waals surface area contributed by atoms with Gasteiger partial charge in [0.25, 0.3) is 0 Å². The lowest BCUT2D eigenvalue weighted by Crippen LogP contribution is -2.20. The third-order valence-electron chi connectivity index (χ3n) is 1.37. The molecule has 13 heavy (non-hydrogen) atoms. The molecule has 1 aromatic heterocycles. The van der Waals surface area contributed by atoms with Crippen LogP contribution in [0, 0.1) is 0 Å². The molecule has 5 nitrogen and oxygen atoms in total. The lowest BCUT2D eigenvalue weighted by Gasteiger charge is -2.02. The lowest BCUT2D eigenvalue weighted by molar-refractivity contribution is 0.0937. The third-order valence-corrected chi connectivity index (χ3v) is 1.92. The Morgan fingerprint density at radius 3 is 3.15 bits per heavy atom. The average Bonchev–Trinajstić information content (AvgIpc) is 2.63. The second kappa shape index (κ2) is 6.90. The van der Waals surface area contributed by atoms with Crippen molar-refractivity contribution in [3.05, 3.63) is 11.1 Å². The highest BCUT2D eigenvalue weighted by atomic mass is 32.1. The molecule has 2 N–H and O–H groups in total. The fourth-order valence-electron chi connectivity index (χ4n) is 0.788. The van der Waals surface area contributed by atoms with Crippen LogP contribution in [-0.4, -0.2) is 41.1 Å². The molecule has 1 heterocycles. The van der Waals surface area contributed by atoms with Gasteiger partial charge in [0.1, 0.15) is 0 Å². The summed E-state index contributed by atoms with van der Waals surface area (Å²) < 4.78 is 8.79. The second-order valence-corrected chi connectivity index (χ2v) is 3.02. The first-order valence-corrected chi connectivity index (χ1v) is 4.92. The summed E-state index contributed by atoms with van der Waals surface area (Å²) in [6, 6.07) is 0. The predicted octanol–water partition coefficient (Wildman–Crippen LogP) is -0.363. The van der Waals surface area contributed by atoms with Crippen molar-refractivity contribution in [3.8, 4) is 0 Å². The van der Waals surface area contributed by atoms with Crippen LogP contribution in [0.1, 0.15) is 5.69 Å². The Morgan fingerprint density at radius 2 is 2.46 bits per heavy atom. The molecule has 0 radical (unpaired) electrons. The summed E-state index contributed by atoms with van der Waals surface area (Å²) in [5, 5.41) is 17.3. The van der Waals surface area contributed by atoms with Crippen LogP contribution in [0.2, 0.25) is 0 Å². The van der Waals surface area contributed by atoms with Gasteiger partial charge < -0.3 is 15.2 Å². The molecule has 0 saturated carbocycles. The van der Waals surface area contributed by atoms with E-state index in [-0.39, 0.29) is 6.61 Å². The highest BCUT2D eigenvalue weighted by molar-refractivity contribution is 7.03. The first-order valence-electron chi connectivity index (χ1n) is 4.08. The van der Waals surface area contributed by atoms with Crippen LogP contribution in [0.4, 0.5) is 0 Å². The third kappa shape index (κ3) is 4.89. The van der Waals surface area contributed by atoms with E-state index >= 15 is 0 Å². The molecule has 74 valence electrons. The standard InChI is InChI=1S/C7H13N3O2S/c11-2-4-12-3-1-8-5-7-6-13-10-9-7/h6,8,11H,1-5H2. The summed E-state index contributed by atoms with van der Waals surface area (Å²) in [4.78, 5) is 0. The maximum atomic E-state index is 8.41. The maximum absolute atomic E-state index is 8.41. The Morgan fingerprint density at radius 1 is 1.54 bits per heavy atom. The highest BCUT2D eigenvalue weighted by Gasteiger charge is 1.94. The first-order chi connectivity index (χ1) is 6.43. The van der Waals surface area contributed by atoms with Crippen LogP contribution in [0.5, 0.6) is 0 Å². The number of aliphatic hydroxyl groups excluding tert-OH is 1. The van der Waals surface area contributed by atoms with Crippen molar-refractivity contribution >= 4 is 11.5 Å². The molecule has 0 aliphatic rings. The van der Waals surface area contributed by atoms with Crippen molar-refractivity contribution in [2.45, 2.75) is 6.54 Å². The molecule has 0 spiro atoms. The Hall–Kier alpha value is -0.560. The van der Waals surface area contributed by atoms with E-state index in [4.69, 9.17) is 9.84 Å². The molecule has 0 aliphatic carbocycles. The summed E-state index contributed by atoms with van der Waals surface area (Å²) >= 11 is 1.35. The van der Waals surface area contributed by atoms with Crippen LogP contribution in [-0.2, 0) is 11.3 Å².